The minimum absolute atomic E-state index is 0.284. The number of piperidine rings is 1. The highest BCUT2D eigenvalue weighted by atomic mass is 16.4. The fraction of sp³-hybridized carbons (Fsp3) is 0.929. The number of hydrogen-bond acceptors (Lipinski definition) is 3. The Morgan fingerprint density at radius 1 is 1.06 bits per heavy atom. The van der Waals surface area contributed by atoms with Crippen LogP contribution in [0.2, 0.25) is 0 Å². The Morgan fingerprint density at radius 3 is 2.44 bits per heavy atom. The number of carboxylic acids is 1. The van der Waals surface area contributed by atoms with Crippen molar-refractivity contribution >= 4 is 5.97 Å². The highest BCUT2D eigenvalue weighted by Crippen LogP contribution is 2.20. The van der Waals surface area contributed by atoms with Crippen molar-refractivity contribution < 1.29 is 9.90 Å². The zero-order chi connectivity index (χ0) is 12.8. The molecule has 0 aromatic carbocycles. The molecule has 0 radical (unpaired) electrons. The molecule has 104 valence electrons. The van der Waals surface area contributed by atoms with E-state index in [0.717, 1.165) is 19.6 Å². The molecule has 0 saturated carbocycles. The molecule has 0 aromatic heterocycles. The monoisotopic (exact) mass is 254 g/mol. The lowest BCUT2D eigenvalue weighted by Crippen LogP contribution is -2.48. The van der Waals surface area contributed by atoms with Gasteiger partial charge in [-0.3, -0.25) is 9.69 Å². The average Bonchev–Trinajstić information content (AvgIpc) is 2.65. The van der Waals surface area contributed by atoms with E-state index in [1.165, 1.54) is 51.6 Å². The van der Waals surface area contributed by atoms with Gasteiger partial charge in [-0.15, -0.1) is 0 Å². The van der Waals surface area contributed by atoms with E-state index in [2.05, 4.69) is 9.80 Å². The lowest BCUT2D eigenvalue weighted by atomic mass is 10.0. The Balaban J connectivity index is 1.79. The van der Waals surface area contributed by atoms with Crippen molar-refractivity contribution in [2.24, 2.45) is 0 Å². The van der Waals surface area contributed by atoms with Crippen LogP contribution in [0.4, 0.5) is 0 Å². The number of likely N-dealkylation sites (tertiary alicyclic amines) is 2. The zero-order valence-corrected chi connectivity index (χ0v) is 11.3. The van der Waals surface area contributed by atoms with Gasteiger partial charge in [0.1, 0.15) is 0 Å². The van der Waals surface area contributed by atoms with Crippen LogP contribution in [-0.2, 0) is 4.79 Å². The summed E-state index contributed by atoms with van der Waals surface area (Å²) in [6.07, 6.45) is 8.24. The number of aliphatic carboxylic acids is 1. The average molecular weight is 254 g/mol. The third-order valence-corrected chi connectivity index (χ3v) is 4.28. The van der Waals surface area contributed by atoms with Gasteiger partial charge in [0.25, 0.3) is 0 Å². The van der Waals surface area contributed by atoms with Gasteiger partial charge >= 0.3 is 5.97 Å². The van der Waals surface area contributed by atoms with E-state index in [1.54, 1.807) is 0 Å². The number of carboxylic acid groups (broad SMARTS) is 1. The van der Waals surface area contributed by atoms with Crippen LogP contribution >= 0.6 is 0 Å². The van der Waals surface area contributed by atoms with Crippen LogP contribution in [0.1, 0.15) is 44.9 Å². The smallest absolute Gasteiger partial charge is 0.304 e. The molecule has 0 spiro atoms. The molecule has 2 rings (SSSR count). The van der Waals surface area contributed by atoms with Gasteiger partial charge in [0.15, 0.2) is 0 Å². The number of carbonyl (C=O) groups is 1. The van der Waals surface area contributed by atoms with Gasteiger partial charge in [-0.2, -0.15) is 0 Å². The molecule has 4 heteroatoms. The first kappa shape index (κ1) is 13.8. The van der Waals surface area contributed by atoms with Gasteiger partial charge in [-0.1, -0.05) is 12.8 Å². The van der Waals surface area contributed by atoms with Crippen molar-refractivity contribution in [2.75, 3.05) is 32.7 Å². The van der Waals surface area contributed by atoms with E-state index >= 15 is 0 Å². The topological polar surface area (TPSA) is 43.8 Å². The maximum absolute atomic E-state index is 10.6. The molecule has 1 N–H and O–H groups in total. The summed E-state index contributed by atoms with van der Waals surface area (Å²) in [5.41, 5.74) is 0. The van der Waals surface area contributed by atoms with Crippen LogP contribution in [-0.4, -0.2) is 59.6 Å². The molecule has 0 unspecified atom stereocenters. The summed E-state index contributed by atoms with van der Waals surface area (Å²) in [7, 11) is 0. The molecule has 0 aliphatic carbocycles. The molecule has 18 heavy (non-hydrogen) atoms. The summed E-state index contributed by atoms with van der Waals surface area (Å²) >= 11 is 0. The van der Waals surface area contributed by atoms with Crippen molar-refractivity contribution in [3.63, 3.8) is 0 Å². The third kappa shape index (κ3) is 4.25. The summed E-state index contributed by atoms with van der Waals surface area (Å²) in [5.74, 6) is -0.674. The van der Waals surface area contributed by atoms with Crippen molar-refractivity contribution in [2.45, 2.75) is 51.0 Å². The van der Waals surface area contributed by atoms with Crippen molar-refractivity contribution in [1.29, 1.82) is 0 Å². The first-order valence-electron chi connectivity index (χ1n) is 7.44. The minimum Gasteiger partial charge on any atom is -0.481 e. The summed E-state index contributed by atoms with van der Waals surface area (Å²) < 4.78 is 0. The normalized spacial score (nSPS) is 27.9. The molecule has 2 saturated heterocycles. The quantitative estimate of drug-likeness (QED) is 0.831. The second-order valence-corrected chi connectivity index (χ2v) is 5.69. The maximum atomic E-state index is 10.6. The van der Waals surface area contributed by atoms with E-state index in [9.17, 15) is 4.79 Å². The Hall–Kier alpha value is -0.610. The van der Waals surface area contributed by atoms with E-state index < -0.39 is 5.97 Å². The van der Waals surface area contributed by atoms with Crippen LogP contribution in [0.5, 0.6) is 0 Å². The molecule has 1 atom stereocenters. The Labute approximate surface area is 110 Å². The molecule has 0 bridgehead atoms. The van der Waals surface area contributed by atoms with Crippen molar-refractivity contribution in [1.82, 2.24) is 9.80 Å². The van der Waals surface area contributed by atoms with E-state index in [1.807, 2.05) is 0 Å². The summed E-state index contributed by atoms with van der Waals surface area (Å²) in [6.45, 7) is 5.37. The molecule has 2 fully saturated rings. The summed E-state index contributed by atoms with van der Waals surface area (Å²) in [6, 6.07) is 0.672. The predicted molar refractivity (Wildman–Crippen MR) is 71.8 cm³/mol. The fourth-order valence-electron chi connectivity index (χ4n) is 3.25. The van der Waals surface area contributed by atoms with Crippen LogP contribution in [0, 0.1) is 0 Å². The Morgan fingerprint density at radius 2 is 1.78 bits per heavy atom. The first-order chi connectivity index (χ1) is 8.75. The van der Waals surface area contributed by atoms with Gasteiger partial charge in [0.05, 0.1) is 6.42 Å². The predicted octanol–water partition coefficient (Wildman–Crippen LogP) is 1.80. The van der Waals surface area contributed by atoms with Gasteiger partial charge in [0, 0.05) is 19.1 Å². The minimum atomic E-state index is -0.674. The third-order valence-electron chi connectivity index (χ3n) is 4.28. The van der Waals surface area contributed by atoms with E-state index in [4.69, 9.17) is 5.11 Å². The maximum Gasteiger partial charge on any atom is 0.304 e. The Bertz CT molecular complexity index is 263. The standard InChI is InChI=1S/C14H26N2O2/c17-14(18)7-11-15-8-5-6-13(12-15)16-9-3-1-2-4-10-16/h13H,1-12H2,(H,17,18)/t13-/m0/s1. The molecule has 0 aromatic rings. The molecule has 4 nitrogen and oxygen atoms in total. The summed E-state index contributed by atoms with van der Waals surface area (Å²) in [5, 5.41) is 8.76. The SMILES string of the molecule is O=C(O)CCN1CCC[C@H](N2CCCCCC2)C1. The van der Waals surface area contributed by atoms with E-state index in [-0.39, 0.29) is 6.42 Å². The largest absolute Gasteiger partial charge is 0.481 e. The van der Waals surface area contributed by atoms with Crippen molar-refractivity contribution in [3.8, 4) is 0 Å². The number of nitrogens with zero attached hydrogens (tertiary/aromatic N) is 2. The lowest BCUT2D eigenvalue weighted by Gasteiger charge is -2.39. The molecular weight excluding hydrogens is 228 g/mol. The van der Waals surface area contributed by atoms with Gasteiger partial charge in [-0.05, 0) is 45.3 Å². The second kappa shape index (κ2) is 7.10. The lowest BCUT2D eigenvalue weighted by molar-refractivity contribution is -0.137. The van der Waals surface area contributed by atoms with Crippen LogP contribution in [0.15, 0.2) is 0 Å². The van der Waals surface area contributed by atoms with E-state index in [0.29, 0.717) is 6.04 Å². The highest BCUT2D eigenvalue weighted by molar-refractivity contribution is 5.66. The molecule has 2 aliphatic heterocycles. The molecule has 0 amide bonds. The van der Waals surface area contributed by atoms with Gasteiger partial charge in [-0.25, -0.2) is 0 Å². The number of rotatable bonds is 4. The molecule has 2 aliphatic rings. The molecular formula is C14H26N2O2. The van der Waals surface area contributed by atoms with Crippen LogP contribution in [0.3, 0.4) is 0 Å². The first-order valence-corrected chi connectivity index (χ1v) is 7.44. The second-order valence-electron chi connectivity index (χ2n) is 5.69. The summed E-state index contributed by atoms with van der Waals surface area (Å²) in [4.78, 5) is 15.6. The Kier molecular flexibility index (Phi) is 5.45. The number of hydrogen-bond donors (Lipinski definition) is 1. The van der Waals surface area contributed by atoms with Gasteiger partial charge < -0.3 is 10.0 Å². The highest BCUT2D eigenvalue weighted by Gasteiger charge is 2.25. The van der Waals surface area contributed by atoms with Crippen LogP contribution < -0.4 is 0 Å². The zero-order valence-electron chi connectivity index (χ0n) is 11.3. The molecule has 2 heterocycles. The van der Waals surface area contributed by atoms with Gasteiger partial charge in [0.2, 0.25) is 0 Å². The fourth-order valence-corrected chi connectivity index (χ4v) is 3.25. The van der Waals surface area contributed by atoms with Crippen LogP contribution in [0.25, 0.3) is 0 Å². The van der Waals surface area contributed by atoms with Crippen molar-refractivity contribution in [3.05, 3.63) is 0 Å².